The SMILES string of the molecule is CC(O)C(=O)Nc1nnc(C(C)(C)C)s1. The van der Waals surface area contributed by atoms with Gasteiger partial charge in [0.2, 0.25) is 5.13 Å². The van der Waals surface area contributed by atoms with Gasteiger partial charge in [0.05, 0.1) is 0 Å². The molecule has 1 unspecified atom stereocenters. The van der Waals surface area contributed by atoms with Crippen LogP contribution in [0, 0.1) is 0 Å². The van der Waals surface area contributed by atoms with Gasteiger partial charge >= 0.3 is 0 Å². The first-order valence-corrected chi connectivity index (χ1v) is 5.45. The number of aromatic nitrogens is 2. The Labute approximate surface area is 92.5 Å². The molecule has 2 N–H and O–H groups in total. The third-order valence-electron chi connectivity index (χ3n) is 1.68. The highest BCUT2D eigenvalue weighted by Gasteiger charge is 2.20. The zero-order valence-electron chi connectivity index (χ0n) is 9.24. The second kappa shape index (κ2) is 4.24. The van der Waals surface area contributed by atoms with E-state index in [1.807, 2.05) is 20.8 Å². The molecule has 1 aromatic rings. The summed E-state index contributed by atoms with van der Waals surface area (Å²) in [5.74, 6) is -0.466. The van der Waals surface area contributed by atoms with Crippen LogP contribution in [0.1, 0.15) is 32.7 Å². The van der Waals surface area contributed by atoms with Gasteiger partial charge in [-0.3, -0.25) is 10.1 Å². The summed E-state index contributed by atoms with van der Waals surface area (Å²) in [6, 6.07) is 0. The molecule has 5 nitrogen and oxygen atoms in total. The monoisotopic (exact) mass is 229 g/mol. The van der Waals surface area contributed by atoms with E-state index in [9.17, 15) is 4.79 Å². The number of hydrogen-bond acceptors (Lipinski definition) is 5. The first kappa shape index (κ1) is 12.1. The first-order valence-electron chi connectivity index (χ1n) is 4.63. The largest absolute Gasteiger partial charge is 0.384 e. The van der Waals surface area contributed by atoms with Crippen molar-refractivity contribution in [2.75, 3.05) is 5.32 Å². The van der Waals surface area contributed by atoms with E-state index in [4.69, 9.17) is 5.11 Å². The van der Waals surface area contributed by atoms with E-state index in [1.54, 1.807) is 0 Å². The van der Waals surface area contributed by atoms with Crippen molar-refractivity contribution in [3.8, 4) is 0 Å². The van der Waals surface area contributed by atoms with Gasteiger partial charge in [0.15, 0.2) is 0 Å². The minimum absolute atomic E-state index is 0.0779. The van der Waals surface area contributed by atoms with E-state index < -0.39 is 12.0 Å². The fraction of sp³-hybridized carbons (Fsp3) is 0.667. The number of aliphatic hydroxyl groups excluding tert-OH is 1. The van der Waals surface area contributed by atoms with Crippen LogP contribution < -0.4 is 5.32 Å². The molecule has 1 aromatic heterocycles. The molecule has 0 aliphatic carbocycles. The van der Waals surface area contributed by atoms with Crippen molar-refractivity contribution in [1.82, 2.24) is 10.2 Å². The molecule has 1 amide bonds. The second-order valence-corrected chi connectivity index (χ2v) is 5.31. The van der Waals surface area contributed by atoms with Gasteiger partial charge in [0.25, 0.3) is 5.91 Å². The van der Waals surface area contributed by atoms with E-state index in [0.717, 1.165) is 5.01 Å². The molecule has 0 aromatic carbocycles. The number of amides is 1. The molecule has 0 aliphatic heterocycles. The van der Waals surface area contributed by atoms with E-state index in [-0.39, 0.29) is 5.41 Å². The lowest BCUT2D eigenvalue weighted by molar-refractivity contribution is -0.123. The smallest absolute Gasteiger partial charge is 0.254 e. The van der Waals surface area contributed by atoms with Gasteiger partial charge in [-0.15, -0.1) is 10.2 Å². The summed E-state index contributed by atoms with van der Waals surface area (Å²) >= 11 is 1.32. The fourth-order valence-electron chi connectivity index (χ4n) is 0.787. The van der Waals surface area contributed by atoms with Crippen LogP contribution in [-0.2, 0) is 10.2 Å². The molecule has 0 fully saturated rings. The summed E-state index contributed by atoms with van der Waals surface area (Å²) in [4.78, 5) is 11.1. The Morgan fingerprint density at radius 2 is 2.07 bits per heavy atom. The molecular formula is C9H15N3O2S. The molecule has 1 rings (SSSR count). The van der Waals surface area contributed by atoms with Gasteiger partial charge in [-0.25, -0.2) is 0 Å². The van der Waals surface area contributed by atoms with Crippen LogP contribution in [0.4, 0.5) is 5.13 Å². The van der Waals surface area contributed by atoms with Crippen molar-refractivity contribution in [2.45, 2.75) is 39.2 Å². The maximum atomic E-state index is 11.1. The quantitative estimate of drug-likeness (QED) is 0.797. The lowest BCUT2D eigenvalue weighted by atomic mass is 9.98. The number of aliphatic hydroxyl groups is 1. The molecule has 0 spiro atoms. The molecule has 1 atom stereocenters. The lowest BCUT2D eigenvalue weighted by Crippen LogP contribution is -2.24. The van der Waals surface area contributed by atoms with Gasteiger partial charge in [-0.2, -0.15) is 0 Å². The van der Waals surface area contributed by atoms with E-state index >= 15 is 0 Å². The zero-order valence-corrected chi connectivity index (χ0v) is 10.1. The minimum Gasteiger partial charge on any atom is -0.384 e. The summed E-state index contributed by atoms with van der Waals surface area (Å²) in [6.07, 6.45) is -1.04. The highest BCUT2D eigenvalue weighted by atomic mass is 32.1. The third-order valence-corrected chi connectivity index (χ3v) is 2.94. The Kier molecular flexibility index (Phi) is 3.41. The Morgan fingerprint density at radius 3 is 2.47 bits per heavy atom. The average Bonchev–Trinajstić information content (AvgIpc) is 2.51. The molecule has 0 bridgehead atoms. The summed E-state index contributed by atoms with van der Waals surface area (Å²) in [5, 5.41) is 20.6. The number of anilines is 1. The van der Waals surface area contributed by atoms with Crippen molar-refractivity contribution < 1.29 is 9.90 Å². The number of nitrogens with one attached hydrogen (secondary N) is 1. The predicted octanol–water partition coefficient (Wildman–Crippen LogP) is 1.15. The van der Waals surface area contributed by atoms with Gasteiger partial charge in [0, 0.05) is 5.41 Å². The molecule has 0 radical (unpaired) electrons. The van der Waals surface area contributed by atoms with E-state index in [2.05, 4.69) is 15.5 Å². The number of nitrogens with zero attached hydrogens (tertiary/aromatic N) is 2. The van der Waals surface area contributed by atoms with Crippen LogP contribution in [0.5, 0.6) is 0 Å². The van der Waals surface area contributed by atoms with Gasteiger partial charge in [-0.05, 0) is 6.92 Å². The lowest BCUT2D eigenvalue weighted by Gasteiger charge is -2.12. The molecule has 0 saturated heterocycles. The maximum Gasteiger partial charge on any atom is 0.254 e. The summed E-state index contributed by atoms with van der Waals surface area (Å²) < 4.78 is 0. The molecular weight excluding hydrogens is 214 g/mol. The van der Waals surface area contributed by atoms with Crippen LogP contribution >= 0.6 is 11.3 Å². The predicted molar refractivity (Wildman–Crippen MR) is 58.9 cm³/mol. The molecule has 15 heavy (non-hydrogen) atoms. The van der Waals surface area contributed by atoms with Gasteiger partial charge in [0.1, 0.15) is 11.1 Å². The maximum absolute atomic E-state index is 11.1. The van der Waals surface area contributed by atoms with Crippen LogP contribution in [-0.4, -0.2) is 27.3 Å². The fourth-order valence-corrected chi connectivity index (χ4v) is 1.59. The van der Waals surface area contributed by atoms with Crippen LogP contribution in [0.25, 0.3) is 0 Å². The Hall–Kier alpha value is -1.01. The Balaban J connectivity index is 2.73. The molecule has 0 saturated carbocycles. The Bertz CT molecular complexity index is 354. The summed E-state index contributed by atoms with van der Waals surface area (Å²) in [7, 11) is 0. The summed E-state index contributed by atoms with van der Waals surface area (Å²) in [5.41, 5.74) is -0.0779. The van der Waals surface area contributed by atoms with Crippen molar-refractivity contribution in [3.05, 3.63) is 5.01 Å². The van der Waals surface area contributed by atoms with Crippen LogP contribution in [0.2, 0.25) is 0 Å². The Morgan fingerprint density at radius 1 is 1.47 bits per heavy atom. The van der Waals surface area contributed by atoms with E-state index in [0.29, 0.717) is 5.13 Å². The van der Waals surface area contributed by atoms with E-state index in [1.165, 1.54) is 18.3 Å². The van der Waals surface area contributed by atoms with Crippen molar-refractivity contribution >= 4 is 22.4 Å². The molecule has 6 heteroatoms. The second-order valence-electron chi connectivity index (χ2n) is 4.33. The minimum atomic E-state index is -1.04. The molecule has 1 heterocycles. The standard InChI is InChI=1S/C9H15N3O2S/c1-5(13)6(14)10-8-12-11-7(15-8)9(2,3)4/h5,13H,1-4H3,(H,10,12,14). The van der Waals surface area contributed by atoms with Crippen LogP contribution in [0.15, 0.2) is 0 Å². The first-order chi connectivity index (χ1) is 6.80. The van der Waals surface area contributed by atoms with Crippen LogP contribution in [0.3, 0.4) is 0 Å². The highest BCUT2D eigenvalue weighted by Crippen LogP contribution is 2.27. The summed E-state index contributed by atoms with van der Waals surface area (Å²) in [6.45, 7) is 7.47. The number of rotatable bonds is 2. The van der Waals surface area contributed by atoms with Crippen molar-refractivity contribution in [3.63, 3.8) is 0 Å². The molecule has 0 aliphatic rings. The number of hydrogen-bond donors (Lipinski definition) is 2. The number of carbonyl (C=O) groups is 1. The van der Waals surface area contributed by atoms with Gasteiger partial charge < -0.3 is 5.11 Å². The average molecular weight is 229 g/mol. The van der Waals surface area contributed by atoms with Crippen molar-refractivity contribution in [2.24, 2.45) is 0 Å². The molecule has 84 valence electrons. The highest BCUT2D eigenvalue weighted by molar-refractivity contribution is 7.15. The zero-order chi connectivity index (χ0) is 11.6. The number of carbonyl (C=O) groups excluding carboxylic acids is 1. The third kappa shape index (κ3) is 3.24. The normalized spacial score (nSPS) is 13.7. The van der Waals surface area contributed by atoms with Gasteiger partial charge in [-0.1, -0.05) is 32.1 Å². The van der Waals surface area contributed by atoms with Crippen molar-refractivity contribution in [1.29, 1.82) is 0 Å². The topological polar surface area (TPSA) is 75.1 Å².